The van der Waals surface area contributed by atoms with E-state index in [9.17, 15) is 19.6 Å². The standard InChI is InChI=1S/C32H23N3O6/c1-20-14-15-23(17-25(20)34-30(37)26-13-8-16-39-26)32(38)40-19-27(36)35-31-24(18-33)28(21-9-4-2-5-10-21)29(41-31)22-11-6-3-7-12-22/h2-17H,19H2,1H3,(H,34,37)(H,35,36). The molecule has 2 aromatic heterocycles. The predicted molar refractivity (Wildman–Crippen MR) is 151 cm³/mol. The zero-order valence-electron chi connectivity index (χ0n) is 21.8. The summed E-state index contributed by atoms with van der Waals surface area (Å²) in [6.07, 6.45) is 1.38. The number of hydrogen-bond acceptors (Lipinski definition) is 7. The number of rotatable bonds is 8. The summed E-state index contributed by atoms with van der Waals surface area (Å²) in [4.78, 5) is 37.9. The van der Waals surface area contributed by atoms with Crippen LogP contribution in [-0.2, 0) is 9.53 Å². The lowest BCUT2D eigenvalue weighted by atomic mass is 9.98. The summed E-state index contributed by atoms with van der Waals surface area (Å²) < 4.78 is 16.3. The van der Waals surface area contributed by atoms with E-state index in [1.807, 2.05) is 60.7 Å². The molecule has 5 aromatic rings. The van der Waals surface area contributed by atoms with Crippen molar-refractivity contribution in [1.82, 2.24) is 0 Å². The first kappa shape index (κ1) is 26.7. The van der Waals surface area contributed by atoms with Crippen molar-refractivity contribution in [2.75, 3.05) is 17.2 Å². The van der Waals surface area contributed by atoms with Gasteiger partial charge in [0.25, 0.3) is 11.8 Å². The number of aryl methyl sites for hydroxylation is 1. The number of esters is 1. The highest BCUT2D eigenvalue weighted by Crippen LogP contribution is 2.41. The van der Waals surface area contributed by atoms with E-state index >= 15 is 0 Å². The van der Waals surface area contributed by atoms with E-state index in [1.165, 1.54) is 24.5 Å². The monoisotopic (exact) mass is 545 g/mol. The van der Waals surface area contributed by atoms with Gasteiger partial charge in [-0.1, -0.05) is 66.7 Å². The van der Waals surface area contributed by atoms with E-state index in [0.717, 1.165) is 11.1 Å². The fourth-order valence-corrected chi connectivity index (χ4v) is 4.15. The minimum absolute atomic E-state index is 0.0514. The van der Waals surface area contributed by atoms with Crippen LogP contribution >= 0.6 is 0 Å². The van der Waals surface area contributed by atoms with Gasteiger partial charge in [-0.25, -0.2) is 4.79 Å². The highest BCUT2D eigenvalue weighted by molar-refractivity contribution is 6.04. The van der Waals surface area contributed by atoms with Crippen molar-refractivity contribution in [2.45, 2.75) is 6.92 Å². The molecule has 0 saturated heterocycles. The quantitative estimate of drug-likeness (QED) is 0.214. The Bertz CT molecular complexity index is 1750. The largest absolute Gasteiger partial charge is 0.459 e. The maximum Gasteiger partial charge on any atom is 0.338 e. The van der Waals surface area contributed by atoms with Crippen molar-refractivity contribution in [3.05, 3.63) is 120 Å². The molecule has 0 atom stereocenters. The highest BCUT2D eigenvalue weighted by atomic mass is 16.5. The average molecular weight is 546 g/mol. The van der Waals surface area contributed by atoms with Crippen molar-refractivity contribution in [3.8, 4) is 28.5 Å². The van der Waals surface area contributed by atoms with E-state index < -0.39 is 24.4 Å². The SMILES string of the molecule is Cc1ccc(C(=O)OCC(=O)Nc2oc(-c3ccccc3)c(-c3ccccc3)c2C#N)cc1NC(=O)c1ccco1. The van der Waals surface area contributed by atoms with Gasteiger partial charge in [-0.15, -0.1) is 0 Å². The summed E-state index contributed by atoms with van der Waals surface area (Å²) in [6, 6.07) is 28.3. The lowest BCUT2D eigenvalue weighted by molar-refractivity contribution is -0.119. The topological polar surface area (TPSA) is 135 Å². The second-order valence-corrected chi connectivity index (χ2v) is 8.94. The van der Waals surface area contributed by atoms with Crippen molar-refractivity contribution < 1.29 is 28.0 Å². The zero-order chi connectivity index (χ0) is 28.8. The smallest absolute Gasteiger partial charge is 0.338 e. The normalized spacial score (nSPS) is 10.4. The van der Waals surface area contributed by atoms with Crippen LogP contribution < -0.4 is 10.6 Å². The number of benzene rings is 3. The maximum atomic E-state index is 12.8. The number of carbonyl (C=O) groups excluding carboxylic acids is 3. The Kier molecular flexibility index (Phi) is 7.74. The predicted octanol–water partition coefficient (Wildman–Crippen LogP) is 6.43. The molecule has 0 saturated carbocycles. The molecule has 0 unspecified atom stereocenters. The zero-order valence-corrected chi connectivity index (χ0v) is 21.8. The van der Waals surface area contributed by atoms with Crippen molar-refractivity contribution in [1.29, 1.82) is 5.26 Å². The first-order valence-electron chi connectivity index (χ1n) is 12.5. The third-order valence-corrected chi connectivity index (χ3v) is 6.17. The summed E-state index contributed by atoms with van der Waals surface area (Å²) in [6.45, 7) is 1.14. The molecule has 0 bridgehead atoms. The van der Waals surface area contributed by atoms with Crippen LogP contribution in [0.25, 0.3) is 22.5 Å². The third kappa shape index (κ3) is 5.92. The van der Waals surface area contributed by atoms with E-state index in [0.29, 0.717) is 22.6 Å². The highest BCUT2D eigenvalue weighted by Gasteiger charge is 2.24. The van der Waals surface area contributed by atoms with Gasteiger partial charge in [0.1, 0.15) is 17.4 Å². The van der Waals surface area contributed by atoms with Gasteiger partial charge in [0.05, 0.1) is 11.8 Å². The molecule has 3 aromatic carbocycles. The summed E-state index contributed by atoms with van der Waals surface area (Å²) in [5.74, 6) is -1.45. The second kappa shape index (κ2) is 11.9. The van der Waals surface area contributed by atoms with Gasteiger partial charge in [0, 0.05) is 16.8 Å². The van der Waals surface area contributed by atoms with Crippen molar-refractivity contribution >= 4 is 29.4 Å². The van der Waals surface area contributed by atoms with Crippen LogP contribution in [0.5, 0.6) is 0 Å². The van der Waals surface area contributed by atoms with Gasteiger partial charge < -0.3 is 18.9 Å². The molecule has 0 aliphatic heterocycles. The van der Waals surface area contributed by atoms with Crippen LogP contribution in [0.3, 0.4) is 0 Å². The van der Waals surface area contributed by atoms with Crippen LogP contribution in [0.4, 0.5) is 11.6 Å². The number of nitrogens with zero attached hydrogens (tertiary/aromatic N) is 1. The fraction of sp³-hybridized carbons (Fsp3) is 0.0625. The number of amides is 2. The molecule has 9 nitrogen and oxygen atoms in total. The minimum Gasteiger partial charge on any atom is -0.459 e. The number of ether oxygens (including phenoxy) is 1. The van der Waals surface area contributed by atoms with Crippen LogP contribution in [0.15, 0.2) is 106 Å². The number of nitriles is 1. The van der Waals surface area contributed by atoms with Crippen LogP contribution in [-0.4, -0.2) is 24.4 Å². The van der Waals surface area contributed by atoms with E-state index in [4.69, 9.17) is 13.6 Å². The first-order valence-corrected chi connectivity index (χ1v) is 12.5. The summed E-state index contributed by atoms with van der Waals surface area (Å²) >= 11 is 0. The molecule has 0 radical (unpaired) electrons. The molecular formula is C32H23N3O6. The van der Waals surface area contributed by atoms with Crippen molar-refractivity contribution in [3.63, 3.8) is 0 Å². The Hall–Kier alpha value is -5.88. The minimum atomic E-state index is -0.774. The number of nitrogens with one attached hydrogen (secondary N) is 2. The second-order valence-electron chi connectivity index (χ2n) is 8.94. The van der Waals surface area contributed by atoms with Crippen LogP contribution in [0.2, 0.25) is 0 Å². The molecule has 0 fully saturated rings. The molecule has 0 spiro atoms. The summed E-state index contributed by atoms with van der Waals surface area (Å²) in [5, 5.41) is 15.2. The first-order chi connectivity index (χ1) is 19.9. The lowest BCUT2D eigenvalue weighted by Crippen LogP contribution is -2.21. The number of carbonyl (C=O) groups is 3. The molecular weight excluding hydrogens is 522 g/mol. The van der Waals surface area contributed by atoms with Gasteiger partial charge in [-0.05, 0) is 42.3 Å². The number of hydrogen-bond donors (Lipinski definition) is 2. The molecule has 202 valence electrons. The van der Waals surface area contributed by atoms with Gasteiger partial charge in [0.15, 0.2) is 12.4 Å². The molecule has 9 heteroatoms. The van der Waals surface area contributed by atoms with Gasteiger partial charge in [0.2, 0.25) is 5.88 Å². The van der Waals surface area contributed by atoms with Gasteiger partial charge in [-0.3, -0.25) is 14.9 Å². The average Bonchev–Trinajstić information content (AvgIpc) is 3.67. The van der Waals surface area contributed by atoms with E-state index in [-0.39, 0.29) is 22.8 Å². The Balaban J connectivity index is 1.31. The molecule has 41 heavy (non-hydrogen) atoms. The summed E-state index contributed by atoms with van der Waals surface area (Å²) in [7, 11) is 0. The molecule has 5 rings (SSSR count). The Morgan fingerprint density at radius 2 is 1.59 bits per heavy atom. The van der Waals surface area contributed by atoms with Crippen LogP contribution in [0, 0.1) is 18.3 Å². The third-order valence-electron chi connectivity index (χ3n) is 6.17. The Morgan fingerprint density at radius 1 is 0.878 bits per heavy atom. The molecule has 2 heterocycles. The van der Waals surface area contributed by atoms with Crippen molar-refractivity contribution in [2.24, 2.45) is 0 Å². The Morgan fingerprint density at radius 3 is 2.24 bits per heavy atom. The number of furan rings is 2. The Labute approximate surface area is 235 Å². The molecule has 2 amide bonds. The van der Waals surface area contributed by atoms with Gasteiger partial charge in [-0.2, -0.15) is 5.26 Å². The molecule has 0 aliphatic rings. The maximum absolute atomic E-state index is 12.8. The number of anilines is 2. The fourth-order valence-electron chi connectivity index (χ4n) is 4.15. The molecule has 0 aliphatic carbocycles. The lowest BCUT2D eigenvalue weighted by Gasteiger charge is -2.10. The molecule has 2 N–H and O–H groups in total. The van der Waals surface area contributed by atoms with Gasteiger partial charge >= 0.3 is 5.97 Å². The van der Waals surface area contributed by atoms with Crippen LogP contribution in [0.1, 0.15) is 32.0 Å². The summed E-state index contributed by atoms with van der Waals surface area (Å²) in [5.41, 5.74) is 3.38. The van der Waals surface area contributed by atoms with E-state index in [2.05, 4.69) is 16.7 Å². The van der Waals surface area contributed by atoms with E-state index in [1.54, 1.807) is 19.1 Å².